The summed E-state index contributed by atoms with van der Waals surface area (Å²) in [4.78, 5) is 8.90. The van der Waals surface area contributed by atoms with Gasteiger partial charge in [-0.3, -0.25) is 0 Å². The number of anilines is 1. The average Bonchev–Trinajstić information content (AvgIpc) is 3.25. The Hall–Kier alpha value is -2.86. The van der Waals surface area contributed by atoms with Crippen LogP contribution in [-0.4, -0.2) is 22.2 Å². The molecule has 0 atom stereocenters. The highest BCUT2D eigenvalue weighted by Gasteiger charge is 2.17. The normalized spacial score (nSPS) is 11.5. The van der Waals surface area contributed by atoms with Crippen LogP contribution in [0.2, 0.25) is 15.1 Å². The lowest BCUT2D eigenvalue weighted by Gasteiger charge is -2.05. The van der Waals surface area contributed by atoms with Gasteiger partial charge >= 0.3 is 0 Å². The summed E-state index contributed by atoms with van der Waals surface area (Å²) in [5, 5.41) is 8.76. The fourth-order valence-electron chi connectivity index (χ4n) is 2.89. The lowest BCUT2D eigenvalue weighted by molar-refractivity contribution is 0.409. The summed E-state index contributed by atoms with van der Waals surface area (Å²) < 4.78 is 5.61. The van der Waals surface area contributed by atoms with Crippen molar-refractivity contribution in [3.05, 3.63) is 92.9 Å². The monoisotopic (exact) mass is 456 g/mol. The van der Waals surface area contributed by atoms with Crippen molar-refractivity contribution in [2.24, 2.45) is 0 Å². The molecule has 0 amide bonds. The van der Waals surface area contributed by atoms with Crippen LogP contribution in [0.1, 0.15) is 17.0 Å². The molecule has 4 rings (SSSR count). The van der Waals surface area contributed by atoms with Crippen molar-refractivity contribution >= 4 is 52.3 Å². The molecule has 0 radical (unpaired) electrons. The Morgan fingerprint density at radius 3 is 2.53 bits per heavy atom. The van der Waals surface area contributed by atoms with E-state index in [0.29, 0.717) is 32.6 Å². The molecule has 2 aromatic carbocycles. The van der Waals surface area contributed by atoms with Crippen molar-refractivity contribution in [1.82, 2.24) is 15.1 Å². The van der Waals surface area contributed by atoms with E-state index >= 15 is 0 Å². The lowest BCUT2D eigenvalue weighted by Crippen LogP contribution is -1.96. The third-order valence-corrected chi connectivity index (χ3v) is 5.34. The van der Waals surface area contributed by atoms with Gasteiger partial charge in [-0.2, -0.15) is 4.98 Å². The van der Waals surface area contributed by atoms with Gasteiger partial charge in [0.2, 0.25) is 5.82 Å². The van der Waals surface area contributed by atoms with Gasteiger partial charge in [-0.15, -0.1) is 0 Å². The van der Waals surface area contributed by atoms with E-state index in [1.807, 2.05) is 36.4 Å². The summed E-state index contributed by atoms with van der Waals surface area (Å²) in [6.45, 7) is 0. The standard InChI is InChI=1S/C22H15Cl3N4O/c1-26-20-16(3-2-10-27-20)21-28-22(30-29-21)17(14-5-7-15(23)8-6-14)11-13-4-9-18(24)19(25)12-13/h2-12H,1H3,(H,26,27)/b17-11-. The van der Waals surface area contributed by atoms with Gasteiger partial charge in [0.15, 0.2) is 0 Å². The van der Waals surface area contributed by atoms with Gasteiger partial charge in [0.05, 0.1) is 15.6 Å². The number of benzene rings is 2. The summed E-state index contributed by atoms with van der Waals surface area (Å²) in [7, 11) is 1.79. The number of rotatable bonds is 5. The van der Waals surface area contributed by atoms with E-state index < -0.39 is 0 Å². The van der Waals surface area contributed by atoms with Crippen molar-refractivity contribution in [3.63, 3.8) is 0 Å². The molecule has 0 bridgehead atoms. The highest BCUT2D eigenvalue weighted by Crippen LogP contribution is 2.31. The molecule has 0 unspecified atom stereocenters. The summed E-state index contributed by atoms with van der Waals surface area (Å²) >= 11 is 18.3. The predicted molar refractivity (Wildman–Crippen MR) is 122 cm³/mol. The Morgan fingerprint density at radius 1 is 1.00 bits per heavy atom. The second-order valence-corrected chi connectivity index (χ2v) is 7.56. The van der Waals surface area contributed by atoms with Crippen LogP contribution >= 0.6 is 34.8 Å². The molecule has 1 N–H and O–H groups in total. The molecule has 0 fully saturated rings. The molecule has 5 nitrogen and oxygen atoms in total. The molecule has 0 saturated heterocycles. The molecule has 0 aliphatic heterocycles. The van der Waals surface area contributed by atoms with Gasteiger partial charge in [0.1, 0.15) is 5.82 Å². The molecule has 150 valence electrons. The van der Waals surface area contributed by atoms with E-state index in [1.165, 1.54) is 0 Å². The van der Waals surface area contributed by atoms with Crippen LogP contribution in [0.25, 0.3) is 23.0 Å². The first-order valence-electron chi connectivity index (χ1n) is 8.95. The van der Waals surface area contributed by atoms with Crippen LogP contribution < -0.4 is 5.32 Å². The van der Waals surface area contributed by atoms with Gasteiger partial charge in [0.25, 0.3) is 5.89 Å². The minimum absolute atomic E-state index is 0.351. The van der Waals surface area contributed by atoms with E-state index in [1.54, 1.807) is 37.5 Å². The number of halogens is 3. The van der Waals surface area contributed by atoms with Crippen molar-refractivity contribution in [1.29, 1.82) is 0 Å². The van der Waals surface area contributed by atoms with E-state index in [4.69, 9.17) is 39.3 Å². The quantitative estimate of drug-likeness (QED) is 0.337. The van der Waals surface area contributed by atoms with E-state index in [-0.39, 0.29) is 0 Å². The van der Waals surface area contributed by atoms with Crippen molar-refractivity contribution < 1.29 is 4.52 Å². The van der Waals surface area contributed by atoms with Crippen LogP contribution in [-0.2, 0) is 0 Å². The number of pyridine rings is 1. The van der Waals surface area contributed by atoms with Crippen LogP contribution in [0.15, 0.2) is 65.3 Å². The second kappa shape index (κ2) is 8.88. The SMILES string of the molecule is CNc1ncccc1-c1noc(/C(=C\c2ccc(Cl)c(Cl)c2)c2ccc(Cl)cc2)n1. The van der Waals surface area contributed by atoms with E-state index in [0.717, 1.165) is 22.3 Å². The molecule has 0 spiro atoms. The summed E-state index contributed by atoms with van der Waals surface area (Å²) in [5.74, 6) is 1.44. The minimum Gasteiger partial charge on any atom is -0.373 e. The summed E-state index contributed by atoms with van der Waals surface area (Å²) in [5.41, 5.74) is 3.16. The van der Waals surface area contributed by atoms with Gasteiger partial charge in [-0.1, -0.05) is 58.2 Å². The zero-order valence-corrected chi connectivity index (χ0v) is 18.0. The van der Waals surface area contributed by atoms with Crippen molar-refractivity contribution in [2.75, 3.05) is 12.4 Å². The fraction of sp³-hybridized carbons (Fsp3) is 0.0455. The number of nitrogens with one attached hydrogen (secondary N) is 1. The van der Waals surface area contributed by atoms with Crippen molar-refractivity contribution in [3.8, 4) is 11.4 Å². The minimum atomic E-state index is 0.351. The first-order chi connectivity index (χ1) is 14.5. The highest BCUT2D eigenvalue weighted by atomic mass is 35.5. The maximum Gasteiger partial charge on any atom is 0.258 e. The smallest absolute Gasteiger partial charge is 0.258 e. The zero-order valence-electron chi connectivity index (χ0n) is 15.7. The van der Waals surface area contributed by atoms with Crippen LogP contribution in [0.3, 0.4) is 0 Å². The fourth-order valence-corrected chi connectivity index (χ4v) is 3.33. The van der Waals surface area contributed by atoms with E-state index in [2.05, 4.69) is 20.4 Å². The van der Waals surface area contributed by atoms with Crippen molar-refractivity contribution in [2.45, 2.75) is 0 Å². The van der Waals surface area contributed by atoms with Crippen LogP contribution in [0.5, 0.6) is 0 Å². The predicted octanol–water partition coefficient (Wildman–Crippen LogP) is 6.72. The molecule has 2 heterocycles. The van der Waals surface area contributed by atoms with Gasteiger partial charge in [0, 0.05) is 23.8 Å². The summed E-state index contributed by atoms with van der Waals surface area (Å²) in [6, 6.07) is 16.4. The number of nitrogens with zero attached hydrogens (tertiary/aromatic N) is 3. The van der Waals surface area contributed by atoms with Gasteiger partial charge < -0.3 is 9.84 Å². The average molecular weight is 458 g/mol. The molecule has 8 heteroatoms. The van der Waals surface area contributed by atoms with Crippen LogP contribution in [0.4, 0.5) is 5.82 Å². The molecular weight excluding hydrogens is 443 g/mol. The Labute approximate surface area is 188 Å². The Kier molecular flexibility index (Phi) is 6.04. The summed E-state index contributed by atoms with van der Waals surface area (Å²) in [6.07, 6.45) is 3.60. The third-order valence-electron chi connectivity index (χ3n) is 4.35. The first kappa shape index (κ1) is 20.4. The van der Waals surface area contributed by atoms with Crippen LogP contribution in [0, 0.1) is 0 Å². The topological polar surface area (TPSA) is 63.8 Å². The molecule has 0 aliphatic carbocycles. The zero-order chi connectivity index (χ0) is 21.1. The largest absolute Gasteiger partial charge is 0.373 e. The molecule has 4 aromatic rings. The van der Waals surface area contributed by atoms with Gasteiger partial charge in [-0.05, 0) is 53.6 Å². The van der Waals surface area contributed by atoms with E-state index in [9.17, 15) is 0 Å². The first-order valence-corrected chi connectivity index (χ1v) is 10.1. The second-order valence-electron chi connectivity index (χ2n) is 6.31. The maximum absolute atomic E-state index is 6.18. The number of hydrogen-bond donors (Lipinski definition) is 1. The molecule has 0 aliphatic rings. The molecule has 2 aromatic heterocycles. The molecule has 30 heavy (non-hydrogen) atoms. The Morgan fingerprint density at radius 2 is 1.80 bits per heavy atom. The Balaban J connectivity index is 1.82. The lowest BCUT2D eigenvalue weighted by atomic mass is 10.0. The molecule has 0 saturated carbocycles. The highest BCUT2D eigenvalue weighted by molar-refractivity contribution is 6.42. The third kappa shape index (κ3) is 4.33. The maximum atomic E-state index is 6.18. The molecular formula is C22H15Cl3N4O. The Bertz CT molecular complexity index is 1220. The number of hydrogen-bond acceptors (Lipinski definition) is 5. The van der Waals surface area contributed by atoms with Gasteiger partial charge in [-0.25, -0.2) is 4.98 Å². The number of aromatic nitrogens is 3.